The van der Waals surface area contributed by atoms with Crippen LogP contribution in [0.25, 0.3) is 0 Å². The second-order valence-corrected chi connectivity index (χ2v) is 6.09. The maximum Gasteiger partial charge on any atom is 0.0858 e. The number of anilines is 2. The average molecular weight is 291 g/mol. The van der Waals surface area contributed by atoms with E-state index in [1.165, 1.54) is 16.9 Å². The average Bonchev–Trinajstić information content (AvgIpc) is 2.70. The fourth-order valence-electron chi connectivity index (χ4n) is 3.10. The van der Waals surface area contributed by atoms with Gasteiger partial charge in [0, 0.05) is 30.1 Å². The summed E-state index contributed by atoms with van der Waals surface area (Å²) in [4.78, 5) is 6.71. The van der Waals surface area contributed by atoms with Gasteiger partial charge >= 0.3 is 0 Å². The van der Waals surface area contributed by atoms with Crippen LogP contribution in [0.15, 0.2) is 65.3 Å². The van der Waals surface area contributed by atoms with Gasteiger partial charge in [-0.1, -0.05) is 44.2 Å². The minimum atomic E-state index is -0.0282. The summed E-state index contributed by atoms with van der Waals surface area (Å²) in [5.41, 5.74) is 11.2. The molecule has 2 aromatic rings. The van der Waals surface area contributed by atoms with Crippen molar-refractivity contribution >= 4 is 23.3 Å². The number of nitrogens with two attached hydrogens (primary N) is 1. The van der Waals surface area contributed by atoms with Crippen molar-refractivity contribution in [2.75, 3.05) is 17.7 Å². The lowest BCUT2D eigenvalue weighted by Gasteiger charge is -2.23. The minimum Gasteiger partial charge on any atom is -0.397 e. The van der Waals surface area contributed by atoms with Crippen LogP contribution in [0.2, 0.25) is 0 Å². The third-order valence-electron chi connectivity index (χ3n) is 4.32. The Morgan fingerprint density at radius 1 is 1.05 bits per heavy atom. The third kappa shape index (κ3) is 2.29. The molecule has 0 spiro atoms. The number of fused-ring (bicyclic) bond motifs is 1. The number of aliphatic imine (C=N–C) groups is 1. The van der Waals surface area contributed by atoms with Crippen LogP contribution in [0.4, 0.5) is 17.1 Å². The Bertz CT molecular complexity index is 757. The molecule has 112 valence electrons. The molecule has 0 aromatic heterocycles. The summed E-state index contributed by atoms with van der Waals surface area (Å²) in [5.74, 6) is 0. The molecular weight excluding hydrogens is 270 g/mol. The van der Waals surface area contributed by atoms with Crippen molar-refractivity contribution in [1.82, 2.24) is 0 Å². The zero-order valence-electron chi connectivity index (χ0n) is 13.2. The highest BCUT2D eigenvalue weighted by Gasteiger charge is 2.37. The van der Waals surface area contributed by atoms with Crippen LogP contribution in [-0.4, -0.2) is 13.3 Å². The normalized spacial score (nSPS) is 18.1. The van der Waals surface area contributed by atoms with Crippen molar-refractivity contribution in [3.8, 4) is 0 Å². The highest BCUT2D eigenvalue weighted by molar-refractivity contribution is 5.82. The number of nitrogen functional groups attached to an aromatic ring is 1. The number of rotatable bonds is 2. The van der Waals surface area contributed by atoms with E-state index in [0.29, 0.717) is 5.69 Å². The van der Waals surface area contributed by atoms with Gasteiger partial charge in [0.1, 0.15) is 0 Å². The predicted octanol–water partition coefficient (Wildman–Crippen LogP) is 4.28. The minimum absolute atomic E-state index is 0.0282. The lowest BCUT2D eigenvalue weighted by molar-refractivity contribution is 0.641. The van der Waals surface area contributed by atoms with Crippen molar-refractivity contribution in [3.05, 3.63) is 65.9 Å². The van der Waals surface area contributed by atoms with E-state index in [2.05, 4.69) is 61.1 Å². The predicted molar refractivity (Wildman–Crippen MR) is 95.0 cm³/mol. The van der Waals surface area contributed by atoms with Gasteiger partial charge in [-0.15, -0.1) is 0 Å². The van der Waals surface area contributed by atoms with Crippen molar-refractivity contribution < 1.29 is 0 Å². The van der Waals surface area contributed by atoms with Gasteiger partial charge in [0.2, 0.25) is 0 Å². The second kappa shape index (κ2) is 5.34. The lowest BCUT2D eigenvalue weighted by atomic mass is 9.84. The molecule has 0 aliphatic carbocycles. The molecule has 1 heterocycles. The zero-order valence-corrected chi connectivity index (χ0v) is 13.2. The Morgan fingerprint density at radius 2 is 1.73 bits per heavy atom. The summed E-state index contributed by atoms with van der Waals surface area (Å²) in [7, 11) is 2.10. The first kappa shape index (κ1) is 14.4. The summed E-state index contributed by atoms with van der Waals surface area (Å²) < 4.78 is 0. The largest absolute Gasteiger partial charge is 0.397 e. The molecule has 0 atom stereocenters. The first-order valence-electron chi connectivity index (χ1n) is 7.44. The molecule has 0 saturated carbocycles. The van der Waals surface area contributed by atoms with E-state index >= 15 is 0 Å². The molecule has 1 aliphatic rings. The van der Waals surface area contributed by atoms with E-state index < -0.39 is 0 Å². The molecule has 2 aromatic carbocycles. The third-order valence-corrected chi connectivity index (χ3v) is 4.32. The number of likely N-dealkylation sites (N-methyl/N-ethyl adjacent to an activating group) is 1. The van der Waals surface area contributed by atoms with Crippen LogP contribution in [0.3, 0.4) is 0 Å². The molecule has 0 unspecified atom stereocenters. The summed E-state index contributed by atoms with van der Waals surface area (Å²) in [6.07, 6.45) is 3.91. The van der Waals surface area contributed by atoms with E-state index in [-0.39, 0.29) is 5.41 Å². The molecule has 0 bridgehead atoms. The highest BCUT2D eigenvalue weighted by atomic mass is 15.2. The van der Waals surface area contributed by atoms with Crippen LogP contribution in [0.5, 0.6) is 0 Å². The van der Waals surface area contributed by atoms with Crippen molar-refractivity contribution in [1.29, 1.82) is 0 Å². The fourth-order valence-corrected chi connectivity index (χ4v) is 3.10. The molecule has 3 heteroatoms. The van der Waals surface area contributed by atoms with Gasteiger partial charge in [0.05, 0.1) is 11.4 Å². The second-order valence-electron chi connectivity index (χ2n) is 6.09. The zero-order chi connectivity index (χ0) is 15.7. The van der Waals surface area contributed by atoms with E-state index in [1.807, 2.05) is 30.5 Å². The molecular formula is C19H21N3. The Morgan fingerprint density at radius 3 is 2.45 bits per heavy atom. The van der Waals surface area contributed by atoms with Gasteiger partial charge in [-0.3, -0.25) is 4.99 Å². The number of para-hydroxylation sites is 3. The van der Waals surface area contributed by atoms with Gasteiger partial charge in [-0.25, -0.2) is 0 Å². The number of allylic oxidation sites excluding steroid dienone is 2. The monoisotopic (exact) mass is 291 g/mol. The van der Waals surface area contributed by atoms with Crippen molar-refractivity contribution in [3.63, 3.8) is 0 Å². The van der Waals surface area contributed by atoms with Gasteiger partial charge in [0.25, 0.3) is 0 Å². The Kier molecular flexibility index (Phi) is 3.49. The first-order valence-corrected chi connectivity index (χ1v) is 7.44. The van der Waals surface area contributed by atoms with Gasteiger partial charge in [0.15, 0.2) is 0 Å². The Hall–Kier alpha value is -2.55. The number of nitrogens with zero attached hydrogens (tertiary/aromatic N) is 2. The van der Waals surface area contributed by atoms with Gasteiger partial charge in [-0.2, -0.15) is 0 Å². The topological polar surface area (TPSA) is 41.6 Å². The first-order chi connectivity index (χ1) is 10.5. The SMILES string of the molecule is CN1/C(=C/C=Nc2ccccc2N)C(C)(C)c2ccccc21. The maximum atomic E-state index is 5.92. The fraction of sp³-hybridized carbons (Fsp3) is 0.211. The van der Waals surface area contributed by atoms with Crippen molar-refractivity contribution in [2.24, 2.45) is 4.99 Å². The van der Waals surface area contributed by atoms with Crippen LogP contribution in [0.1, 0.15) is 19.4 Å². The molecule has 22 heavy (non-hydrogen) atoms. The van der Waals surface area contributed by atoms with Crippen LogP contribution in [0, 0.1) is 0 Å². The highest BCUT2D eigenvalue weighted by Crippen LogP contribution is 2.46. The molecule has 0 amide bonds. The van der Waals surface area contributed by atoms with E-state index in [0.717, 1.165) is 5.69 Å². The van der Waals surface area contributed by atoms with Gasteiger partial charge < -0.3 is 10.6 Å². The smallest absolute Gasteiger partial charge is 0.0858 e. The Labute approximate surface area is 131 Å². The molecule has 3 nitrogen and oxygen atoms in total. The molecule has 0 fully saturated rings. The van der Waals surface area contributed by atoms with E-state index in [1.54, 1.807) is 0 Å². The van der Waals surface area contributed by atoms with Crippen LogP contribution >= 0.6 is 0 Å². The number of hydrogen-bond acceptors (Lipinski definition) is 3. The number of hydrogen-bond donors (Lipinski definition) is 1. The van der Waals surface area contributed by atoms with Crippen LogP contribution < -0.4 is 10.6 Å². The molecule has 2 N–H and O–H groups in total. The van der Waals surface area contributed by atoms with Gasteiger partial charge in [-0.05, 0) is 29.8 Å². The molecule has 1 aliphatic heterocycles. The summed E-state index contributed by atoms with van der Waals surface area (Å²) in [6, 6.07) is 16.2. The standard InChI is InChI=1S/C19H21N3/c1-19(2)14-8-4-7-11-17(14)22(3)18(19)12-13-21-16-10-6-5-9-15(16)20/h4-13H,20H2,1-3H3/b18-12+,21-13?. The van der Waals surface area contributed by atoms with Crippen molar-refractivity contribution in [2.45, 2.75) is 19.3 Å². The number of benzene rings is 2. The summed E-state index contributed by atoms with van der Waals surface area (Å²) in [6.45, 7) is 4.48. The maximum absolute atomic E-state index is 5.92. The molecule has 0 saturated heterocycles. The van der Waals surface area contributed by atoms with E-state index in [9.17, 15) is 0 Å². The Balaban J connectivity index is 1.94. The summed E-state index contributed by atoms with van der Waals surface area (Å²) in [5, 5.41) is 0. The summed E-state index contributed by atoms with van der Waals surface area (Å²) >= 11 is 0. The molecule has 3 rings (SSSR count). The lowest BCUT2D eigenvalue weighted by Crippen LogP contribution is -2.23. The molecule has 0 radical (unpaired) electrons. The van der Waals surface area contributed by atoms with Crippen LogP contribution in [-0.2, 0) is 5.41 Å². The van der Waals surface area contributed by atoms with E-state index in [4.69, 9.17) is 5.73 Å². The quantitative estimate of drug-likeness (QED) is 0.662.